The maximum absolute atomic E-state index is 11.8. The summed E-state index contributed by atoms with van der Waals surface area (Å²) in [4.78, 5) is 34.4. The average Bonchev–Trinajstić information content (AvgIpc) is 2.53. The summed E-state index contributed by atoms with van der Waals surface area (Å²) < 4.78 is 4.90. The first kappa shape index (κ1) is 16.0. The number of carbonyl (C=O) groups excluding carboxylic acids is 3. The molecule has 0 saturated heterocycles. The van der Waals surface area contributed by atoms with Gasteiger partial charge < -0.3 is 21.5 Å². The lowest BCUT2D eigenvalue weighted by Crippen LogP contribution is -2.21. The lowest BCUT2D eigenvalue weighted by molar-refractivity contribution is -0.119. The summed E-state index contributed by atoms with van der Waals surface area (Å²) in [5.74, 6) is -1.70. The maximum Gasteiger partial charge on any atom is 0.338 e. The van der Waals surface area contributed by atoms with Crippen molar-refractivity contribution in [2.24, 2.45) is 5.73 Å². The van der Waals surface area contributed by atoms with Crippen LogP contribution in [0.4, 0.5) is 11.4 Å². The molecule has 0 fully saturated rings. The molecule has 0 atom stereocenters. The molecule has 2 rings (SSSR count). The largest absolute Gasteiger partial charge is 0.452 e. The van der Waals surface area contributed by atoms with E-state index < -0.39 is 24.4 Å². The number of nitrogens with one attached hydrogen (secondary N) is 1. The highest BCUT2D eigenvalue weighted by molar-refractivity contribution is 5.97. The molecule has 0 spiro atoms. The van der Waals surface area contributed by atoms with Gasteiger partial charge in [0.25, 0.3) is 5.91 Å². The van der Waals surface area contributed by atoms with Gasteiger partial charge in [0.1, 0.15) is 0 Å². The molecule has 7 nitrogen and oxygen atoms in total. The van der Waals surface area contributed by atoms with E-state index in [4.69, 9.17) is 16.2 Å². The summed E-state index contributed by atoms with van der Waals surface area (Å²) in [5, 5.41) is 2.53. The monoisotopic (exact) mass is 313 g/mol. The Labute approximate surface area is 132 Å². The smallest absolute Gasteiger partial charge is 0.338 e. The highest BCUT2D eigenvalue weighted by Gasteiger charge is 2.10. The van der Waals surface area contributed by atoms with E-state index in [1.807, 2.05) is 0 Å². The van der Waals surface area contributed by atoms with E-state index in [1.165, 1.54) is 30.3 Å². The van der Waals surface area contributed by atoms with Crippen LogP contribution >= 0.6 is 0 Å². The van der Waals surface area contributed by atoms with Gasteiger partial charge in [0, 0.05) is 16.9 Å². The molecule has 0 heterocycles. The highest BCUT2D eigenvalue weighted by atomic mass is 16.5. The number of rotatable bonds is 5. The fourth-order valence-electron chi connectivity index (χ4n) is 1.79. The molecule has 5 N–H and O–H groups in total. The lowest BCUT2D eigenvalue weighted by atomic mass is 10.2. The fraction of sp³-hybridized carbons (Fsp3) is 0.0625. The first-order valence-corrected chi connectivity index (χ1v) is 6.68. The van der Waals surface area contributed by atoms with Crippen molar-refractivity contribution < 1.29 is 19.1 Å². The number of hydrogen-bond donors (Lipinski definition) is 3. The van der Waals surface area contributed by atoms with E-state index >= 15 is 0 Å². The molecule has 2 aromatic rings. The number of anilines is 2. The zero-order chi connectivity index (χ0) is 16.8. The Balaban J connectivity index is 1.87. The summed E-state index contributed by atoms with van der Waals surface area (Å²) in [6.07, 6.45) is 0. The topological polar surface area (TPSA) is 125 Å². The Hall–Kier alpha value is -3.35. The van der Waals surface area contributed by atoms with Crippen LogP contribution in [0.25, 0.3) is 0 Å². The number of primary amides is 1. The van der Waals surface area contributed by atoms with Gasteiger partial charge in [-0.15, -0.1) is 0 Å². The number of amides is 2. The molecule has 2 amide bonds. The third-order valence-electron chi connectivity index (χ3n) is 2.91. The van der Waals surface area contributed by atoms with E-state index in [-0.39, 0.29) is 5.56 Å². The Morgan fingerprint density at radius 3 is 2.30 bits per heavy atom. The molecular weight excluding hydrogens is 298 g/mol. The molecule has 0 aliphatic carbocycles. The Kier molecular flexibility index (Phi) is 4.93. The van der Waals surface area contributed by atoms with Gasteiger partial charge in [-0.3, -0.25) is 9.59 Å². The normalized spacial score (nSPS) is 9.91. The van der Waals surface area contributed by atoms with Crippen LogP contribution in [0, 0.1) is 0 Å². The second-order valence-electron chi connectivity index (χ2n) is 4.69. The molecule has 7 heteroatoms. The van der Waals surface area contributed by atoms with Crippen LogP contribution in [0.5, 0.6) is 0 Å². The van der Waals surface area contributed by atoms with Gasteiger partial charge in [0.15, 0.2) is 6.61 Å². The van der Waals surface area contributed by atoms with Gasteiger partial charge >= 0.3 is 5.97 Å². The highest BCUT2D eigenvalue weighted by Crippen LogP contribution is 2.10. The van der Waals surface area contributed by atoms with Gasteiger partial charge in [0.05, 0.1) is 5.56 Å². The van der Waals surface area contributed by atoms with Crippen LogP contribution in [-0.4, -0.2) is 24.4 Å². The minimum absolute atomic E-state index is 0.267. The van der Waals surface area contributed by atoms with Crippen molar-refractivity contribution in [3.8, 4) is 0 Å². The van der Waals surface area contributed by atoms with Gasteiger partial charge in [-0.1, -0.05) is 6.07 Å². The van der Waals surface area contributed by atoms with Gasteiger partial charge in [-0.25, -0.2) is 4.79 Å². The van der Waals surface area contributed by atoms with Crippen LogP contribution < -0.4 is 16.8 Å². The number of nitrogens with two attached hydrogens (primary N) is 2. The lowest BCUT2D eigenvalue weighted by Gasteiger charge is -2.07. The average molecular weight is 313 g/mol. The predicted molar refractivity (Wildman–Crippen MR) is 84.7 cm³/mol. The van der Waals surface area contributed by atoms with Crippen molar-refractivity contribution in [2.75, 3.05) is 17.7 Å². The van der Waals surface area contributed by atoms with Crippen LogP contribution in [-0.2, 0) is 9.53 Å². The molecule has 23 heavy (non-hydrogen) atoms. The van der Waals surface area contributed by atoms with Crippen molar-refractivity contribution in [1.29, 1.82) is 0 Å². The SMILES string of the molecule is NC(=O)c1ccc(NC(=O)COC(=O)c2cccc(N)c2)cc1. The Morgan fingerprint density at radius 1 is 1.00 bits per heavy atom. The summed E-state index contributed by atoms with van der Waals surface area (Å²) in [6, 6.07) is 12.3. The van der Waals surface area contributed by atoms with Crippen LogP contribution in [0.15, 0.2) is 48.5 Å². The number of carbonyl (C=O) groups is 3. The first-order valence-electron chi connectivity index (χ1n) is 6.68. The fourth-order valence-corrected chi connectivity index (χ4v) is 1.79. The summed E-state index contributed by atoms with van der Waals surface area (Å²) >= 11 is 0. The number of benzene rings is 2. The number of ether oxygens (including phenoxy) is 1. The Bertz CT molecular complexity index is 741. The zero-order valence-corrected chi connectivity index (χ0v) is 12.1. The molecule has 0 radical (unpaired) electrons. The molecule has 0 aromatic heterocycles. The van der Waals surface area contributed by atoms with E-state index in [0.717, 1.165) is 0 Å². The van der Waals surface area contributed by atoms with Crippen molar-refractivity contribution in [3.63, 3.8) is 0 Å². The van der Waals surface area contributed by atoms with E-state index in [0.29, 0.717) is 16.9 Å². The number of esters is 1. The van der Waals surface area contributed by atoms with Crippen molar-refractivity contribution >= 4 is 29.2 Å². The minimum Gasteiger partial charge on any atom is -0.452 e. The second kappa shape index (κ2) is 7.08. The van der Waals surface area contributed by atoms with Gasteiger partial charge in [-0.2, -0.15) is 0 Å². The minimum atomic E-state index is -0.642. The van der Waals surface area contributed by atoms with Crippen LogP contribution in [0.3, 0.4) is 0 Å². The summed E-state index contributed by atoms with van der Waals surface area (Å²) in [6.45, 7) is -0.439. The maximum atomic E-state index is 11.8. The molecule has 2 aromatic carbocycles. The van der Waals surface area contributed by atoms with Crippen molar-refractivity contribution in [1.82, 2.24) is 0 Å². The van der Waals surface area contributed by atoms with Crippen LogP contribution in [0.1, 0.15) is 20.7 Å². The van der Waals surface area contributed by atoms with Crippen molar-refractivity contribution in [3.05, 3.63) is 59.7 Å². The summed E-state index contributed by atoms with van der Waals surface area (Å²) in [5.41, 5.74) is 12.2. The van der Waals surface area contributed by atoms with Crippen molar-refractivity contribution in [2.45, 2.75) is 0 Å². The Morgan fingerprint density at radius 2 is 1.70 bits per heavy atom. The third kappa shape index (κ3) is 4.57. The molecular formula is C16H15N3O4. The quantitative estimate of drug-likeness (QED) is 0.564. The number of hydrogen-bond acceptors (Lipinski definition) is 5. The molecule has 0 aliphatic rings. The molecule has 118 valence electrons. The molecule has 0 aliphatic heterocycles. The van der Waals surface area contributed by atoms with E-state index in [2.05, 4.69) is 5.32 Å². The van der Waals surface area contributed by atoms with Gasteiger partial charge in [0.2, 0.25) is 5.91 Å². The molecule has 0 unspecified atom stereocenters. The first-order chi connectivity index (χ1) is 11.0. The predicted octanol–water partition coefficient (Wildman–Crippen LogP) is 1.16. The standard InChI is InChI=1S/C16H15N3O4/c17-12-3-1-2-11(8-12)16(22)23-9-14(20)19-13-6-4-10(5-7-13)15(18)21/h1-8H,9,17H2,(H2,18,21)(H,19,20). The van der Waals surface area contributed by atoms with E-state index in [1.54, 1.807) is 18.2 Å². The van der Waals surface area contributed by atoms with E-state index in [9.17, 15) is 14.4 Å². The second-order valence-corrected chi connectivity index (χ2v) is 4.69. The zero-order valence-electron chi connectivity index (χ0n) is 12.1. The summed E-state index contributed by atoms with van der Waals surface area (Å²) in [7, 11) is 0. The number of nitrogen functional groups attached to an aromatic ring is 1. The molecule has 0 saturated carbocycles. The molecule has 0 bridgehead atoms. The van der Waals surface area contributed by atoms with Gasteiger partial charge in [-0.05, 0) is 42.5 Å². The van der Waals surface area contributed by atoms with Crippen LogP contribution in [0.2, 0.25) is 0 Å². The third-order valence-corrected chi connectivity index (χ3v) is 2.91.